The van der Waals surface area contributed by atoms with Gasteiger partial charge in [0, 0.05) is 50.2 Å². The number of rotatable bonds is 25. The maximum Gasteiger partial charge on any atom is 0.329 e. The first-order valence-corrected chi connectivity index (χ1v) is 43.7. The number of aliphatic imine (C=N–C) groups is 1. The molecule has 9 saturated carbocycles. The standard InChI is InChI=1S/C51H69F2N3O12.C28H45FN2O4Si.C6H10O6/c1-28-17-37-35-9-7-30-19-32(11-13-44(30,3)48(35,52)39(60)21-46(37,5)50(28,65)41(62)24-57)54-23-34(59)26-67-15-16-68-27-43(64)56-55-33-12-14-45(4)31(20-33)8-10-36-38-18-29(2)51(66,42(63)25-58)47(38,6)22-40(61)49(36,45)53;1-17-13-21-20-10-9-18-14-19(31-30)11-12-25(18,5)27(20,29)22(32)15-26(21,6)28(17,34)23(33)16-35-36(7,8)24(2,3)4;7-5(8)3-11-1-2-12-4-6(9)10/h11-14,19-20,28-29,35-40,57-58,60-61,65-66H,7-10,15-18,21-27H2,1-6H3,(H,56,64);11-12,14,17,20-22,32,34H,9-10,13,15-16,30H2,1-8H3;1-4H2,(H,7,8)(H,9,10)/b54-32?,55-33+;31-19+;/t28-,29-,35+,36+,37+,38+,39+,40+,44+,45+,46+,47+,48+,49+,50+,51+;17-,20+,21+,22+,25+,26+,27+,28+;/m11./s1. The molecule has 12 aliphatic carbocycles. The van der Waals surface area contributed by atoms with Gasteiger partial charge in [0.1, 0.15) is 63.0 Å². The minimum absolute atomic E-state index is 0.00174. The summed E-state index contributed by atoms with van der Waals surface area (Å²) in [5.41, 5.74) is -11.9. The third kappa shape index (κ3) is 14.8. The Labute approximate surface area is 677 Å². The van der Waals surface area contributed by atoms with Crippen molar-refractivity contribution in [3.63, 3.8) is 0 Å². The van der Waals surface area contributed by atoms with Crippen molar-refractivity contribution in [2.45, 2.75) is 230 Å². The molecule has 1 amide bonds. The number of halogens is 3. The summed E-state index contributed by atoms with van der Waals surface area (Å²) in [6.45, 7) is 23.3. The highest BCUT2D eigenvalue weighted by Crippen LogP contribution is 2.75. The number of carboxylic acid groups (broad SMARTS) is 2. The zero-order chi connectivity index (χ0) is 86.1. The van der Waals surface area contributed by atoms with Gasteiger partial charge in [-0.15, -0.1) is 0 Å². The Bertz CT molecular complexity index is 3950. The van der Waals surface area contributed by atoms with Gasteiger partial charge in [0.2, 0.25) is 0 Å². The molecule has 0 spiro atoms. The summed E-state index contributed by atoms with van der Waals surface area (Å²) < 4.78 is 79.0. The molecular weight excluding hydrogens is 1530 g/mol. The van der Waals surface area contributed by atoms with Crippen LogP contribution in [0.3, 0.4) is 0 Å². The van der Waals surface area contributed by atoms with Crippen LogP contribution in [0, 0.1) is 85.8 Å². The van der Waals surface area contributed by atoms with Gasteiger partial charge in [-0.05, 0) is 188 Å². The number of alkyl halides is 3. The van der Waals surface area contributed by atoms with E-state index in [1.807, 2.05) is 26.8 Å². The van der Waals surface area contributed by atoms with Crippen LogP contribution in [-0.4, -0.2) is 249 Å². The summed E-state index contributed by atoms with van der Waals surface area (Å²) >= 11 is 0. The first-order chi connectivity index (χ1) is 53.9. The molecule has 0 aliphatic heterocycles. The lowest BCUT2D eigenvalue weighted by Crippen LogP contribution is -2.69. The summed E-state index contributed by atoms with van der Waals surface area (Å²) in [6, 6.07) is 0. The third-order valence-electron chi connectivity index (χ3n) is 31.2. The number of amides is 1. The predicted molar refractivity (Wildman–Crippen MR) is 424 cm³/mol. The van der Waals surface area contributed by atoms with Crippen LogP contribution in [0.1, 0.15) is 160 Å². The molecule has 27 nitrogen and oxygen atoms in total. The number of ketones is 4. The lowest BCUT2D eigenvalue weighted by molar-refractivity contribution is -0.219. The van der Waals surface area contributed by atoms with Gasteiger partial charge in [-0.1, -0.05) is 97.3 Å². The van der Waals surface area contributed by atoms with E-state index in [0.29, 0.717) is 80.5 Å². The third-order valence-corrected chi connectivity index (χ3v) is 35.7. The van der Waals surface area contributed by atoms with Crippen LogP contribution in [0.2, 0.25) is 18.1 Å². The van der Waals surface area contributed by atoms with E-state index in [-0.39, 0.29) is 100 Å². The molecule has 0 unspecified atom stereocenters. The van der Waals surface area contributed by atoms with Gasteiger partial charge in [0.15, 0.2) is 48.5 Å². The Kier molecular flexibility index (Phi) is 26.5. The normalized spacial score (nSPS) is 42.5. The summed E-state index contributed by atoms with van der Waals surface area (Å²) in [5, 5.41) is 114. The number of aliphatic hydroxyl groups is 8. The highest BCUT2D eigenvalue weighted by Gasteiger charge is 2.79. The van der Waals surface area contributed by atoms with Crippen molar-refractivity contribution in [1.29, 1.82) is 0 Å². The number of carbonyl (C=O) groups excluding carboxylic acids is 5. The van der Waals surface area contributed by atoms with Crippen LogP contribution >= 0.6 is 0 Å². The Morgan fingerprint density at radius 3 is 1.22 bits per heavy atom. The number of aliphatic carboxylic acids is 2. The second-order valence-corrected chi connectivity index (χ2v) is 42.6. The molecule has 0 bridgehead atoms. The molecule has 13 N–H and O–H groups in total. The van der Waals surface area contributed by atoms with Crippen molar-refractivity contribution < 1.29 is 121 Å². The smallest absolute Gasteiger partial charge is 0.329 e. The molecule has 0 radical (unpaired) electrons. The van der Waals surface area contributed by atoms with Crippen LogP contribution in [0.4, 0.5) is 13.2 Å². The monoisotopic (exact) mass is 1650 g/mol. The summed E-state index contributed by atoms with van der Waals surface area (Å²) in [4.78, 5) is 89.0. The van der Waals surface area contributed by atoms with Crippen molar-refractivity contribution >= 4 is 66.4 Å². The van der Waals surface area contributed by atoms with Gasteiger partial charge in [-0.25, -0.2) is 28.2 Å². The van der Waals surface area contributed by atoms with Crippen LogP contribution in [0.5, 0.6) is 0 Å². The average Bonchev–Trinajstić information content (AvgIpc) is 1.59. The first-order valence-electron chi connectivity index (χ1n) is 40.8. The fourth-order valence-corrected chi connectivity index (χ4v) is 24.7. The Balaban J connectivity index is 0.000000245. The SMILES string of the molecule is C[C@@H]1C[C@H]2[C@@H]3CCC4=C/C(=N/N)C=C[C@]4(C)[C@@]3(F)[C@@H](O)C[C@]2(C)[C@@]1(O)C(=O)CO[Si](C)(C)C(C)(C)C.C[C@@H]1C[C@H]2[C@@H]3CCC4=CC(=NCC(=O)COCCOCC(=O)N/N=C5\C=C[C@@]6(C)C(=C5)CC[C@H]5[C@@H]7C[C@@H](C)[C@](O)(C(=O)CO)[C@@]7(C)C[C@H](O)[C@@]56F)C=C[C@]4(C)[C@@]3(F)[C@@H](O)C[C@]2(C)[C@@]1(O)C(=O)CO.O=C(O)COCCOCC(=O)O. The van der Waals surface area contributed by atoms with Crippen molar-refractivity contribution in [3.8, 4) is 0 Å². The molecule has 646 valence electrons. The minimum Gasteiger partial charge on any atom is -0.480 e. The maximum atomic E-state index is 17.7. The molecule has 31 heteroatoms. The molecule has 116 heavy (non-hydrogen) atoms. The highest BCUT2D eigenvalue weighted by atomic mass is 28.4. The number of Topliss-reactive ketones (excluding diaryl/α,β-unsaturated/α-hetero) is 4. The number of nitrogens with zero attached hydrogens (tertiary/aromatic N) is 3. The van der Waals surface area contributed by atoms with Crippen LogP contribution in [0.25, 0.3) is 0 Å². The number of aliphatic hydroxyl groups excluding tert-OH is 5. The summed E-state index contributed by atoms with van der Waals surface area (Å²) in [6.07, 6.45) is 15.1. The molecule has 12 aliphatic rings. The Morgan fingerprint density at radius 2 is 0.853 bits per heavy atom. The molecule has 24 atom stereocenters. The number of ether oxygens (including phenoxy) is 4. The number of carbonyl (C=O) groups is 7. The largest absolute Gasteiger partial charge is 0.480 e. The quantitative estimate of drug-likeness (QED) is 0.0189. The molecule has 0 aromatic rings. The summed E-state index contributed by atoms with van der Waals surface area (Å²) in [5.74, 6) is -3.49. The Morgan fingerprint density at radius 1 is 0.517 bits per heavy atom. The number of allylic oxidation sites excluding steroid dienone is 12. The number of carboxylic acids is 2. The van der Waals surface area contributed by atoms with Crippen LogP contribution in [0.15, 0.2) is 86.6 Å². The van der Waals surface area contributed by atoms with Gasteiger partial charge >= 0.3 is 11.9 Å². The molecular formula is C85H124F3N5O22Si. The number of fused-ring (bicyclic) bond motifs is 15. The lowest BCUT2D eigenvalue weighted by atomic mass is 9.44. The van der Waals surface area contributed by atoms with Crippen molar-refractivity contribution in [2.75, 3.05) is 79.2 Å². The minimum atomic E-state index is -2.21. The van der Waals surface area contributed by atoms with Gasteiger partial charge in [-0.3, -0.25) is 29.0 Å². The van der Waals surface area contributed by atoms with E-state index in [4.69, 9.17) is 30.0 Å². The predicted octanol–water partition coefficient (Wildman–Crippen LogP) is 7.04. The molecule has 12 rings (SSSR count). The van der Waals surface area contributed by atoms with E-state index >= 15 is 13.2 Å². The average molecular weight is 1650 g/mol. The fraction of sp³-hybridized carbons (Fsp3) is 0.741. The number of nitrogens with one attached hydrogen (secondary N) is 1. The first kappa shape index (κ1) is 92.1. The van der Waals surface area contributed by atoms with E-state index in [1.54, 1.807) is 90.2 Å². The van der Waals surface area contributed by atoms with Crippen molar-refractivity contribution in [2.24, 2.45) is 107 Å². The van der Waals surface area contributed by atoms with Crippen molar-refractivity contribution in [1.82, 2.24) is 5.43 Å². The molecule has 9 fully saturated rings. The molecule has 0 aromatic carbocycles. The molecule has 0 saturated heterocycles. The number of nitrogens with two attached hydrogens (primary N) is 1. The van der Waals surface area contributed by atoms with Crippen LogP contribution < -0.4 is 11.3 Å². The van der Waals surface area contributed by atoms with E-state index in [0.717, 1.165) is 11.1 Å². The zero-order valence-electron chi connectivity index (χ0n) is 69.5. The lowest BCUT2D eigenvalue weighted by Gasteiger charge is -2.62. The summed E-state index contributed by atoms with van der Waals surface area (Å²) in [7, 11) is -2.21. The Hall–Kier alpha value is -6.17. The maximum absolute atomic E-state index is 17.7. The second kappa shape index (κ2) is 33.3. The fourth-order valence-electron chi connectivity index (χ4n) is 23.8. The second-order valence-electron chi connectivity index (χ2n) is 37.8. The van der Waals surface area contributed by atoms with Gasteiger partial charge in [0.25, 0.3) is 5.91 Å². The van der Waals surface area contributed by atoms with Gasteiger partial charge < -0.3 is 80.3 Å². The van der Waals surface area contributed by atoms with E-state index in [1.165, 1.54) is 0 Å². The molecule has 0 aromatic heterocycles. The topological polar surface area (TPSA) is 443 Å². The van der Waals surface area contributed by atoms with Gasteiger partial charge in [-0.2, -0.15) is 10.2 Å². The van der Waals surface area contributed by atoms with E-state index in [9.17, 15) is 74.4 Å². The van der Waals surface area contributed by atoms with Gasteiger partial charge in [0.05, 0.1) is 68.5 Å². The van der Waals surface area contributed by atoms with E-state index in [2.05, 4.69) is 64.0 Å². The highest BCUT2D eigenvalue weighted by molar-refractivity contribution is 6.74. The zero-order valence-corrected chi connectivity index (χ0v) is 70.5. The number of hydrazone groups is 2. The van der Waals surface area contributed by atoms with Crippen LogP contribution in [-0.2, 0) is 56.9 Å². The molecule has 0 heterocycles. The van der Waals surface area contributed by atoms with Crippen molar-refractivity contribution in [3.05, 3.63) is 71.4 Å². The van der Waals surface area contributed by atoms with E-state index < -0.39 is 190 Å². The number of hydrogen-bond acceptors (Lipinski definition) is 24. The number of hydrogen-bond donors (Lipinski definition) is 12.